The number of benzene rings is 2. The Morgan fingerprint density at radius 3 is 2.59 bits per heavy atom. The Hall–Kier alpha value is -3.91. The smallest absolute Gasteiger partial charge is 0.354 e. The molecule has 0 saturated carbocycles. The van der Waals surface area contributed by atoms with Crippen LogP contribution in [-0.4, -0.2) is 37.7 Å². The maximum Gasteiger partial charge on any atom is 0.354 e. The number of aromatic nitrogens is 4. The molecule has 2 N–H and O–H groups in total. The van der Waals surface area contributed by atoms with Crippen LogP contribution in [0.2, 0.25) is 5.02 Å². The number of rotatable bonds is 7. The lowest BCUT2D eigenvalue weighted by Gasteiger charge is -2.13. The molecule has 0 radical (unpaired) electrons. The normalized spacial score (nSPS) is 10.7. The lowest BCUT2D eigenvalue weighted by Crippen LogP contribution is -2.08. The fourth-order valence-electron chi connectivity index (χ4n) is 3.22. The molecule has 0 saturated heterocycles. The van der Waals surface area contributed by atoms with Gasteiger partial charge in [-0.3, -0.25) is 0 Å². The average Bonchev–Trinajstić information content (AvgIpc) is 3.21. The molecule has 4 aromatic rings. The number of halogens is 1. The fourth-order valence-corrected chi connectivity index (χ4v) is 3.34. The Morgan fingerprint density at radius 2 is 1.94 bits per heavy atom. The summed E-state index contributed by atoms with van der Waals surface area (Å²) in [6.45, 7) is 1.91. The first-order valence-electron chi connectivity index (χ1n) is 9.73. The second-order valence-corrected chi connectivity index (χ2v) is 7.55. The van der Waals surface area contributed by atoms with Crippen molar-refractivity contribution < 1.29 is 14.6 Å². The highest BCUT2D eigenvalue weighted by Gasteiger charge is 2.13. The topological polar surface area (TPSA) is 102 Å². The largest absolute Gasteiger partial charge is 0.494 e. The van der Waals surface area contributed by atoms with E-state index in [-0.39, 0.29) is 11.6 Å². The third kappa shape index (κ3) is 4.87. The van der Waals surface area contributed by atoms with Gasteiger partial charge in [-0.2, -0.15) is 0 Å². The summed E-state index contributed by atoms with van der Waals surface area (Å²) in [6, 6.07) is 14.3. The lowest BCUT2D eigenvalue weighted by atomic mass is 10.1. The Balaban J connectivity index is 1.63. The van der Waals surface area contributed by atoms with Crippen molar-refractivity contribution in [3.8, 4) is 11.4 Å². The third-order valence-corrected chi connectivity index (χ3v) is 4.97. The van der Waals surface area contributed by atoms with Gasteiger partial charge in [-0.15, -0.1) is 0 Å². The molecule has 2 heterocycles. The van der Waals surface area contributed by atoms with Crippen LogP contribution in [0.4, 0.5) is 11.6 Å². The number of nitrogens with one attached hydrogen (secondary N) is 1. The predicted molar refractivity (Wildman–Crippen MR) is 121 cm³/mol. The van der Waals surface area contributed by atoms with Crippen LogP contribution < -0.4 is 10.1 Å². The molecule has 0 bridgehead atoms. The van der Waals surface area contributed by atoms with Crippen LogP contribution in [0.1, 0.15) is 27.4 Å². The van der Waals surface area contributed by atoms with E-state index in [1.54, 1.807) is 31.6 Å². The first-order valence-corrected chi connectivity index (χ1v) is 10.1. The van der Waals surface area contributed by atoms with Crippen LogP contribution in [0.5, 0.6) is 5.75 Å². The van der Waals surface area contributed by atoms with Crippen molar-refractivity contribution in [2.45, 2.75) is 13.3 Å². The van der Waals surface area contributed by atoms with Crippen molar-refractivity contribution in [2.24, 2.45) is 0 Å². The van der Waals surface area contributed by atoms with Crippen molar-refractivity contribution in [2.75, 3.05) is 12.4 Å². The molecule has 0 aliphatic heterocycles. The molecule has 4 rings (SSSR count). The Bertz CT molecular complexity index is 1270. The zero-order valence-electron chi connectivity index (χ0n) is 17.4. The maximum atomic E-state index is 11.6. The molecule has 9 heteroatoms. The summed E-state index contributed by atoms with van der Waals surface area (Å²) >= 11 is 5.94. The molecule has 32 heavy (non-hydrogen) atoms. The quantitative estimate of drug-likeness (QED) is 0.422. The molecular weight excluding hydrogens is 430 g/mol. The number of carboxylic acids is 1. The molecule has 8 nitrogen and oxygen atoms in total. The van der Waals surface area contributed by atoms with Crippen LogP contribution in [0, 0.1) is 6.92 Å². The van der Waals surface area contributed by atoms with E-state index in [0.29, 0.717) is 28.6 Å². The zero-order chi connectivity index (χ0) is 22.7. The Morgan fingerprint density at radius 1 is 1.16 bits per heavy atom. The van der Waals surface area contributed by atoms with Gasteiger partial charge in [-0.25, -0.2) is 19.7 Å². The molecule has 2 aromatic carbocycles. The van der Waals surface area contributed by atoms with E-state index in [2.05, 4.69) is 20.3 Å². The van der Waals surface area contributed by atoms with Gasteiger partial charge in [-0.1, -0.05) is 23.7 Å². The van der Waals surface area contributed by atoms with Crippen molar-refractivity contribution >= 4 is 29.2 Å². The molecule has 0 spiro atoms. The highest BCUT2D eigenvalue weighted by Crippen LogP contribution is 2.28. The predicted octanol–water partition coefficient (Wildman–Crippen LogP) is 4.67. The third-order valence-electron chi connectivity index (χ3n) is 4.72. The van der Waals surface area contributed by atoms with Gasteiger partial charge in [0, 0.05) is 29.4 Å². The fraction of sp³-hybridized carbons (Fsp3) is 0.130. The van der Waals surface area contributed by atoms with Gasteiger partial charge in [-0.05, 0) is 42.8 Å². The average molecular weight is 450 g/mol. The van der Waals surface area contributed by atoms with Crippen molar-refractivity contribution in [3.63, 3.8) is 0 Å². The summed E-state index contributed by atoms with van der Waals surface area (Å²) in [7, 11) is 1.58. The SMILES string of the molecule is COc1cc(Nc2nc(Cc3ccc(Cl)cc3)cc(C(=O)O)n2)ccc1-n1cnc(C)c1. The molecule has 0 amide bonds. The molecule has 0 aliphatic rings. The number of carbonyl (C=O) groups is 1. The first kappa shape index (κ1) is 21.3. The van der Waals surface area contributed by atoms with E-state index < -0.39 is 5.97 Å². The summed E-state index contributed by atoms with van der Waals surface area (Å²) in [6.07, 6.45) is 4.05. The second kappa shape index (κ2) is 9.07. The number of aryl methyl sites for hydroxylation is 1. The minimum atomic E-state index is -1.13. The monoisotopic (exact) mass is 449 g/mol. The number of hydrogen-bond acceptors (Lipinski definition) is 6. The summed E-state index contributed by atoms with van der Waals surface area (Å²) in [4.78, 5) is 24.5. The second-order valence-electron chi connectivity index (χ2n) is 7.11. The summed E-state index contributed by atoms with van der Waals surface area (Å²) < 4.78 is 7.39. The number of ether oxygens (including phenoxy) is 1. The van der Waals surface area contributed by atoms with Gasteiger partial charge >= 0.3 is 5.97 Å². The number of aromatic carboxylic acids is 1. The molecule has 162 valence electrons. The molecular formula is C23H20ClN5O3. The van der Waals surface area contributed by atoms with E-state index in [4.69, 9.17) is 16.3 Å². The van der Waals surface area contributed by atoms with E-state index in [0.717, 1.165) is 16.9 Å². The highest BCUT2D eigenvalue weighted by atomic mass is 35.5. The van der Waals surface area contributed by atoms with Crippen molar-refractivity contribution in [1.29, 1.82) is 0 Å². The number of anilines is 2. The minimum absolute atomic E-state index is 0.0936. The molecule has 2 aromatic heterocycles. The summed E-state index contributed by atoms with van der Waals surface area (Å²) in [5.74, 6) is -0.332. The lowest BCUT2D eigenvalue weighted by molar-refractivity contribution is 0.0690. The van der Waals surface area contributed by atoms with E-state index >= 15 is 0 Å². The zero-order valence-corrected chi connectivity index (χ0v) is 18.2. The highest BCUT2D eigenvalue weighted by molar-refractivity contribution is 6.30. The molecule has 0 atom stereocenters. The number of carboxylic acid groups (broad SMARTS) is 1. The van der Waals surface area contributed by atoms with E-state index in [1.807, 2.05) is 42.0 Å². The van der Waals surface area contributed by atoms with E-state index in [1.165, 1.54) is 6.07 Å². The molecule has 0 fully saturated rings. The van der Waals surface area contributed by atoms with Crippen LogP contribution in [0.25, 0.3) is 5.69 Å². The van der Waals surface area contributed by atoms with Crippen molar-refractivity contribution in [1.82, 2.24) is 19.5 Å². The Kier molecular flexibility index (Phi) is 6.04. The van der Waals surface area contributed by atoms with E-state index in [9.17, 15) is 9.90 Å². The van der Waals surface area contributed by atoms with Gasteiger partial charge in [0.25, 0.3) is 0 Å². The maximum absolute atomic E-state index is 11.6. The van der Waals surface area contributed by atoms with Gasteiger partial charge in [0.15, 0.2) is 5.69 Å². The summed E-state index contributed by atoms with van der Waals surface area (Å²) in [5, 5.41) is 13.2. The number of nitrogens with zero attached hydrogens (tertiary/aromatic N) is 4. The molecule has 0 aliphatic carbocycles. The van der Waals surface area contributed by atoms with Crippen LogP contribution in [-0.2, 0) is 6.42 Å². The summed E-state index contributed by atoms with van der Waals surface area (Å²) in [5.41, 5.74) is 3.80. The van der Waals surface area contributed by atoms with Gasteiger partial charge < -0.3 is 19.7 Å². The Labute approximate surface area is 189 Å². The van der Waals surface area contributed by atoms with Gasteiger partial charge in [0.2, 0.25) is 5.95 Å². The first-order chi connectivity index (χ1) is 15.4. The standard InChI is InChI=1S/C23H20ClN5O3/c1-14-12-29(13-25-14)20-8-7-17(11-21(20)32-2)26-23-27-18(10-19(28-23)22(30)31)9-15-3-5-16(24)6-4-15/h3-8,10-13H,9H2,1-2H3,(H,30,31)(H,26,27,28). The van der Waals surface area contributed by atoms with Crippen LogP contribution in [0.3, 0.4) is 0 Å². The van der Waals surface area contributed by atoms with Crippen LogP contribution >= 0.6 is 11.6 Å². The van der Waals surface area contributed by atoms with Gasteiger partial charge in [0.1, 0.15) is 5.75 Å². The molecule has 0 unspecified atom stereocenters. The number of imidazole rings is 1. The minimum Gasteiger partial charge on any atom is -0.494 e. The van der Waals surface area contributed by atoms with Crippen LogP contribution in [0.15, 0.2) is 61.1 Å². The number of hydrogen-bond donors (Lipinski definition) is 2. The van der Waals surface area contributed by atoms with Gasteiger partial charge in [0.05, 0.1) is 30.5 Å². The van der Waals surface area contributed by atoms with Crippen molar-refractivity contribution in [3.05, 3.63) is 88.7 Å². The number of methoxy groups -OCH3 is 1.